The molecule has 2 rings (SSSR count). The van der Waals surface area contributed by atoms with E-state index in [1.165, 1.54) is 0 Å². The van der Waals surface area contributed by atoms with Crippen LogP contribution in [0.2, 0.25) is 0 Å². The molecule has 0 unspecified atom stereocenters. The predicted molar refractivity (Wildman–Crippen MR) is 88.0 cm³/mol. The van der Waals surface area contributed by atoms with Crippen LogP contribution in [0.3, 0.4) is 0 Å². The third-order valence-corrected chi connectivity index (χ3v) is 4.12. The highest BCUT2D eigenvalue weighted by atomic mass is 16.5. The number of nitrogens with zero attached hydrogens (tertiary/aromatic N) is 2. The summed E-state index contributed by atoms with van der Waals surface area (Å²) in [5.41, 5.74) is 5.49. The maximum Gasteiger partial charge on any atom is 0.241 e. The average Bonchev–Trinajstić information content (AvgIpc) is 2.55. The number of ether oxygens (including phenoxy) is 1. The van der Waals surface area contributed by atoms with Crippen LogP contribution < -0.4 is 10.5 Å². The molecule has 1 aromatic carbocycles. The zero-order valence-corrected chi connectivity index (χ0v) is 13.8. The number of carbonyl (C=O) groups excluding carboxylic acids is 2. The van der Waals surface area contributed by atoms with Gasteiger partial charge >= 0.3 is 0 Å². The highest BCUT2D eigenvalue weighted by Gasteiger charge is 2.34. The number of primary amides is 1. The lowest BCUT2D eigenvalue weighted by molar-refractivity contribution is -0.143. The molecule has 1 heterocycles. The average molecular weight is 319 g/mol. The van der Waals surface area contributed by atoms with Gasteiger partial charge in [-0.05, 0) is 26.0 Å². The van der Waals surface area contributed by atoms with E-state index in [2.05, 4.69) is 18.7 Å². The van der Waals surface area contributed by atoms with E-state index < -0.39 is 11.9 Å². The number of piperazine rings is 1. The Morgan fingerprint density at radius 1 is 1.26 bits per heavy atom. The quantitative estimate of drug-likeness (QED) is 0.844. The smallest absolute Gasteiger partial charge is 0.241 e. The van der Waals surface area contributed by atoms with Crippen LogP contribution in [0.25, 0.3) is 0 Å². The Balaban J connectivity index is 1.88. The molecule has 1 atom stereocenters. The molecule has 0 radical (unpaired) electrons. The maximum absolute atomic E-state index is 12.4. The molecule has 6 heteroatoms. The molecule has 1 aliphatic heterocycles. The minimum atomic E-state index is -0.560. The van der Waals surface area contributed by atoms with Gasteiger partial charge < -0.3 is 15.4 Å². The van der Waals surface area contributed by atoms with E-state index in [9.17, 15) is 9.59 Å². The van der Waals surface area contributed by atoms with Crippen LogP contribution in [-0.2, 0) is 9.59 Å². The van der Waals surface area contributed by atoms with Crippen molar-refractivity contribution in [2.45, 2.75) is 32.4 Å². The number of nitrogens with two attached hydrogens (primary N) is 1. The standard InChI is InChI=1S/C17H25N3O3/c1-13(2)19-9-10-20(15(12-19)17(18)22)16(21)8-11-23-14-6-4-3-5-7-14/h3-7,13,15H,8-12H2,1-2H3,(H2,18,22)/t15-/m1/s1. The Hall–Kier alpha value is -2.08. The van der Waals surface area contributed by atoms with Crippen LogP contribution in [0.1, 0.15) is 20.3 Å². The third-order valence-electron chi connectivity index (χ3n) is 4.12. The Kier molecular flexibility index (Phi) is 5.98. The van der Waals surface area contributed by atoms with Gasteiger partial charge in [-0.3, -0.25) is 14.5 Å². The first-order chi connectivity index (χ1) is 11.0. The van der Waals surface area contributed by atoms with E-state index in [-0.39, 0.29) is 12.3 Å². The molecule has 0 bridgehead atoms. The molecule has 1 aromatic rings. The zero-order chi connectivity index (χ0) is 16.8. The van der Waals surface area contributed by atoms with E-state index in [0.717, 1.165) is 12.3 Å². The third kappa shape index (κ3) is 4.69. The number of hydrogen-bond acceptors (Lipinski definition) is 4. The zero-order valence-electron chi connectivity index (χ0n) is 13.8. The van der Waals surface area contributed by atoms with Crippen molar-refractivity contribution in [3.05, 3.63) is 30.3 Å². The minimum Gasteiger partial charge on any atom is -0.493 e. The molecule has 1 saturated heterocycles. The molecular formula is C17H25N3O3. The van der Waals surface area contributed by atoms with Crippen LogP contribution >= 0.6 is 0 Å². The van der Waals surface area contributed by atoms with E-state index in [4.69, 9.17) is 10.5 Å². The first kappa shape index (κ1) is 17.3. The van der Waals surface area contributed by atoms with Crippen LogP contribution in [0.4, 0.5) is 0 Å². The van der Waals surface area contributed by atoms with Crippen LogP contribution in [-0.4, -0.2) is 59.9 Å². The minimum absolute atomic E-state index is 0.0897. The Bertz CT molecular complexity index is 533. The molecule has 1 aliphatic rings. The second-order valence-electron chi connectivity index (χ2n) is 6.01. The summed E-state index contributed by atoms with van der Waals surface area (Å²) in [6.45, 7) is 6.21. The summed E-state index contributed by atoms with van der Waals surface area (Å²) in [4.78, 5) is 27.9. The fourth-order valence-corrected chi connectivity index (χ4v) is 2.73. The first-order valence-corrected chi connectivity index (χ1v) is 7.99. The molecule has 0 aromatic heterocycles. The maximum atomic E-state index is 12.4. The summed E-state index contributed by atoms with van der Waals surface area (Å²) in [7, 11) is 0. The largest absolute Gasteiger partial charge is 0.493 e. The number of para-hydroxylation sites is 1. The molecular weight excluding hydrogens is 294 g/mol. The number of benzene rings is 1. The van der Waals surface area contributed by atoms with Crippen LogP contribution in [0.5, 0.6) is 5.75 Å². The summed E-state index contributed by atoms with van der Waals surface area (Å²) < 4.78 is 5.55. The molecule has 2 N–H and O–H groups in total. The Labute approximate surface area is 137 Å². The fraction of sp³-hybridized carbons (Fsp3) is 0.529. The summed E-state index contributed by atoms with van der Waals surface area (Å²) >= 11 is 0. The van der Waals surface area contributed by atoms with Crippen molar-refractivity contribution >= 4 is 11.8 Å². The molecule has 126 valence electrons. The molecule has 6 nitrogen and oxygen atoms in total. The fourth-order valence-electron chi connectivity index (χ4n) is 2.73. The summed E-state index contributed by atoms with van der Waals surface area (Å²) in [5.74, 6) is 0.192. The highest BCUT2D eigenvalue weighted by Crippen LogP contribution is 2.14. The van der Waals surface area contributed by atoms with Crippen LogP contribution in [0.15, 0.2) is 30.3 Å². The molecule has 0 spiro atoms. The van der Waals surface area contributed by atoms with E-state index in [0.29, 0.717) is 25.7 Å². The van der Waals surface area contributed by atoms with Gasteiger partial charge in [0, 0.05) is 25.7 Å². The van der Waals surface area contributed by atoms with Gasteiger partial charge in [-0.25, -0.2) is 0 Å². The summed E-state index contributed by atoms with van der Waals surface area (Å²) in [6, 6.07) is 9.13. The van der Waals surface area contributed by atoms with Crippen molar-refractivity contribution < 1.29 is 14.3 Å². The Morgan fingerprint density at radius 2 is 1.96 bits per heavy atom. The van der Waals surface area contributed by atoms with E-state index >= 15 is 0 Å². The lowest BCUT2D eigenvalue weighted by Crippen LogP contribution is -2.61. The van der Waals surface area contributed by atoms with Crippen molar-refractivity contribution in [1.29, 1.82) is 0 Å². The van der Waals surface area contributed by atoms with E-state index in [1.54, 1.807) is 4.90 Å². The highest BCUT2D eigenvalue weighted by molar-refractivity contribution is 5.87. The molecule has 0 aliphatic carbocycles. The Morgan fingerprint density at radius 3 is 2.57 bits per heavy atom. The van der Waals surface area contributed by atoms with Gasteiger partial charge in [0.1, 0.15) is 11.8 Å². The van der Waals surface area contributed by atoms with Gasteiger partial charge in [0.25, 0.3) is 0 Å². The lowest BCUT2D eigenvalue weighted by atomic mass is 10.1. The second-order valence-corrected chi connectivity index (χ2v) is 6.01. The molecule has 0 saturated carbocycles. The van der Waals surface area contributed by atoms with Crippen LogP contribution in [0, 0.1) is 0 Å². The van der Waals surface area contributed by atoms with Gasteiger partial charge in [0.15, 0.2) is 0 Å². The predicted octanol–water partition coefficient (Wildman–Crippen LogP) is 0.862. The van der Waals surface area contributed by atoms with Gasteiger partial charge in [-0.15, -0.1) is 0 Å². The van der Waals surface area contributed by atoms with Gasteiger partial charge in [0.05, 0.1) is 13.0 Å². The number of carbonyl (C=O) groups is 2. The number of amides is 2. The molecule has 23 heavy (non-hydrogen) atoms. The summed E-state index contributed by atoms with van der Waals surface area (Å²) in [6.07, 6.45) is 0.236. The molecule has 2 amide bonds. The summed E-state index contributed by atoms with van der Waals surface area (Å²) in [5, 5.41) is 0. The van der Waals surface area contributed by atoms with Crippen molar-refractivity contribution in [2.75, 3.05) is 26.2 Å². The first-order valence-electron chi connectivity index (χ1n) is 7.99. The monoisotopic (exact) mass is 319 g/mol. The number of rotatable bonds is 6. The number of hydrogen-bond donors (Lipinski definition) is 1. The van der Waals surface area contributed by atoms with Gasteiger partial charge in [0.2, 0.25) is 11.8 Å². The van der Waals surface area contributed by atoms with Crippen molar-refractivity contribution in [2.24, 2.45) is 5.73 Å². The van der Waals surface area contributed by atoms with Crippen molar-refractivity contribution in [3.63, 3.8) is 0 Å². The van der Waals surface area contributed by atoms with E-state index in [1.807, 2.05) is 30.3 Å². The van der Waals surface area contributed by atoms with Crippen molar-refractivity contribution in [1.82, 2.24) is 9.80 Å². The molecule has 1 fully saturated rings. The topological polar surface area (TPSA) is 75.9 Å². The SMILES string of the molecule is CC(C)N1CCN(C(=O)CCOc2ccccc2)[C@@H](C(N)=O)C1. The van der Waals surface area contributed by atoms with Gasteiger partial charge in [-0.2, -0.15) is 0 Å². The normalized spacial score (nSPS) is 18.9. The lowest BCUT2D eigenvalue weighted by Gasteiger charge is -2.41. The second kappa shape index (κ2) is 7.97. The van der Waals surface area contributed by atoms with Gasteiger partial charge in [-0.1, -0.05) is 18.2 Å². The van der Waals surface area contributed by atoms with Crippen molar-refractivity contribution in [3.8, 4) is 5.75 Å².